The fourth-order valence-electron chi connectivity index (χ4n) is 3.71. The first-order chi connectivity index (χ1) is 16.4. The van der Waals surface area contributed by atoms with E-state index in [1.165, 1.54) is 6.21 Å². The van der Waals surface area contributed by atoms with Crippen LogP contribution in [0.3, 0.4) is 0 Å². The number of benzene rings is 1. The normalized spacial score (nSPS) is 15.1. The number of hydrogen-bond acceptors (Lipinski definition) is 8. The Morgan fingerprint density at radius 2 is 2.12 bits per heavy atom. The standard InChI is InChI=1S/C25H35N5O4/c1-16(2)29-24-22(13-27)21(25(32)28-14-17-6-8-33-9-7-17)11-23(30-24)18-4-3-5-20(10-18)34-15-19(31)12-26/h3-5,10-11,13,16-17,19,27,31H,6-9,12,14-15,26H2,1-2H3,(H,28,32)(H,29,30). The van der Waals surface area contributed by atoms with Gasteiger partial charge >= 0.3 is 0 Å². The number of nitrogens with two attached hydrogens (primary N) is 1. The maximum Gasteiger partial charge on any atom is 0.252 e. The summed E-state index contributed by atoms with van der Waals surface area (Å²) < 4.78 is 11.0. The van der Waals surface area contributed by atoms with E-state index in [1.807, 2.05) is 26.0 Å². The van der Waals surface area contributed by atoms with E-state index in [-0.39, 0.29) is 25.1 Å². The van der Waals surface area contributed by atoms with Gasteiger partial charge in [-0.05, 0) is 50.8 Å². The fourth-order valence-corrected chi connectivity index (χ4v) is 3.71. The highest BCUT2D eigenvalue weighted by Gasteiger charge is 2.21. The van der Waals surface area contributed by atoms with Crippen LogP contribution >= 0.6 is 0 Å². The van der Waals surface area contributed by atoms with Crippen LogP contribution in [-0.4, -0.2) is 67.3 Å². The molecule has 1 saturated heterocycles. The Morgan fingerprint density at radius 1 is 1.35 bits per heavy atom. The second kappa shape index (κ2) is 12.5. The molecule has 1 amide bonds. The summed E-state index contributed by atoms with van der Waals surface area (Å²) >= 11 is 0. The van der Waals surface area contributed by atoms with Crippen LogP contribution in [0.2, 0.25) is 0 Å². The highest BCUT2D eigenvalue weighted by molar-refractivity contribution is 6.05. The van der Waals surface area contributed by atoms with Crippen molar-refractivity contribution in [1.29, 1.82) is 5.41 Å². The number of rotatable bonds is 11. The van der Waals surface area contributed by atoms with E-state index in [4.69, 9.17) is 25.6 Å². The molecule has 0 spiro atoms. The molecule has 184 valence electrons. The minimum atomic E-state index is -0.749. The largest absolute Gasteiger partial charge is 0.491 e. The lowest BCUT2D eigenvalue weighted by atomic mass is 9.99. The molecule has 1 unspecified atom stereocenters. The van der Waals surface area contributed by atoms with Crippen molar-refractivity contribution < 1.29 is 19.4 Å². The molecule has 0 aliphatic carbocycles. The Kier molecular flexibility index (Phi) is 9.38. The lowest BCUT2D eigenvalue weighted by molar-refractivity contribution is 0.0642. The minimum Gasteiger partial charge on any atom is -0.491 e. The Morgan fingerprint density at radius 3 is 2.79 bits per heavy atom. The lowest BCUT2D eigenvalue weighted by Gasteiger charge is -2.22. The van der Waals surface area contributed by atoms with E-state index < -0.39 is 6.10 Å². The van der Waals surface area contributed by atoms with Crippen molar-refractivity contribution in [2.24, 2.45) is 11.7 Å². The number of pyridine rings is 1. The molecule has 9 nitrogen and oxygen atoms in total. The number of anilines is 1. The zero-order valence-electron chi connectivity index (χ0n) is 19.8. The summed E-state index contributed by atoms with van der Waals surface area (Å²) in [6.07, 6.45) is 2.26. The molecular weight excluding hydrogens is 434 g/mol. The number of amides is 1. The number of ether oxygens (including phenoxy) is 2. The van der Waals surface area contributed by atoms with Gasteiger partial charge in [-0.3, -0.25) is 4.79 Å². The van der Waals surface area contributed by atoms with Gasteiger partial charge in [0.2, 0.25) is 0 Å². The van der Waals surface area contributed by atoms with Gasteiger partial charge in [-0.2, -0.15) is 0 Å². The maximum atomic E-state index is 13.2. The van der Waals surface area contributed by atoms with Gasteiger partial charge in [-0.25, -0.2) is 4.98 Å². The van der Waals surface area contributed by atoms with Crippen LogP contribution in [0, 0.1) is 11.3 Å². The van der Waals surface area contributed by atoms with Crippen LogP contribution in [-0.2, 0) is 4.74 Å². The first-order valence-corrected chi connectivity index (χ1v) is 11.7. The Balaban J connectivity index is 1.91. The summed E-state index contributed by atoms with van der Waals surface area (Å²) in [5.74, 6) is 1.18. The molecule has 1 aromatic heterocycles. The number of aliphatic hydroxyl groups excluding tert-OH is 1. The third-order valence-corrected chi connectivity index (χ3v) is 5.61. The molecule has 1 aliphatic heterocycles. The second-order valence-electron chi connectivity index (χ2n) is 8.75. The average molecular weight is 470 g/mol. The molecule has 1 aliphatic rings. The van der Waals surface area contributed by atoms with Crippen LogP contribution in [0.5, 0.6) is 5.75 Å². The Hall–Kier alpha value is -3.01. The van der Waals surface area contributed by atoms with Crippen LogP contribution in [0.1, 0.15) is 42.6 Å². The monoisotopic (exact) mass is 469 g/mol. The number of carbonyl (C=O) groups is 1. The third kappa shape index (κ3) is 6.99. The molecule has 0 saturated carbocycles. The van der Waals surface area contributed by atoms with Gasteiger partial charge in [0.25, 0.3) is 5.91 Å². The zero-order chi connectivity index (χ0) is 24.5. The van der Waals surface area contributed by atoms with Crippen molar-refractivity contribution in [2.75, 3.05) is 38.2 Å². The third-order valence-electron chi connectivity index (χ3n) is 5.61. The van der Waals surface area contributed by atoms with Crippen LogP contribution in [0.15, 0.2) is 30.3 Å². The summed E-state index contributed by atoms with van der Waals surface area (Å²) in [7, 11) is 0. The molecule has 0 bridgehead atoms. The summed E-state index contributed by atoms with van der Waals surface area (Å²) in [6.45, 7) is 6.15. The quantitative estimate of drug-likeness (QED) is 0.318. The molecule has 9 heteroatoms. The first-order valence-electron chi connectivity index (χ1n) is 11.7. The van der Waals surface area contributed by atoms with Gasteiger partial charge in [0.15, 0.2) is 0 Å². The molecule has 2 heterocycles. The Labute approximate surface area is 200 Å². The topological polar surface area (TPSA) is 143 Å². The lowest BCUT2D eigenvalue weighted by Crippen LogP contribution is -2.33. The fraction of sp³-hybridized carbons (Fsp3) is 0.480. The van der Waals surface area contributed by atoms with Crippen molar-refractivity contribution in [3.63, 3.8) is 0 Å². The van der Waals surface area contributed by atoms with E-state index >= 15 is 0 Å². The van der Waals surface area contributed by atoms with Crippen molar-refractivity contribution in [3.8, 4) is 17.0 Å². The van der Waals surface area contributed by atoms with Gasteiger partial charge in [0.05, 0.1) is 11.3 Å². The number of aromatic nitrogens is 1. The Bertz CT molecular complexity index is 976. The van der Waals surface area contributed by atoms with E-state index in [0.29, 0.717) is 40.9 Å². The number of aliphatic hydroxyl groups is 1. The number of carbonyl (C=O) groups excluding carboxylic acids is 1. The van der Waals surface area contributed by atoms with E-state index in [1.54, 1.807) is 18.2 Å². The smallest absolute Gasteiger partial charge is 0.252 e. The summed E-state index contributed by atoms with van der Waals surface area (Å²) in [5.41, 5.74) is 7.61. The van der Waals surface area contributed by atoms with Crippen molar-refractivity contribution in [3.05, 3.63) is 41.5 Å². The van der Waals surface area contributed by atoms with Gasteiger partial charge in [0, 0.05) is 49.7 Å². The van der Waals surface area contributed by atoms with Crippen molar-refractivity contribution in [1.82, 2.24) is 10.3 Å². The van der Waals surface area contributed by atoms with Crippen molar-refractivity contribution >= 4 is 17.9 Å². The molecule has 2 aromatic rings. The van der Waals surface area contributed by atoms with Crippen LogP contribution in [0.4, 0.5) is 5.82 Å². The van der Waals surface area contributed by atoms with Crippen LogP contribution < -0.4 is 21.1 Å². The van der Waals surface area contributed by atoms with E-state index in [2.05, 4.69) is 10.6 Å². The van der Waals surface area contributed by atoms with Gasteiger partial charge < -0.3 is 36.4 Å². The SMILES string of the molecule is CC(C)Nc1nc(-c2cccc(OCC(O)CN)c2)cc(C(=O)NCC2CCOCC2)c1C=N. The highest BCUT2D eigenvalue weighted by Crippen LogP contribution is 2.28. The molecule has 0 radical (unpaired) electrons. The minimum absolute atomic E-state index is 0.0621. The van der Waals surface area contributed by atoms with Gasteiger partial charge in [-0.15, -0.1) is 0 Å². The highest BCUT2D eigenvalue weighted by atomic mass is 16.5. The van der Waals surface area contributed by atoms with E-state index in [9.17, 15) is 9.90 Å². The number of hydrogen-bond donors (Lipinski definition) is 5. The van der Waals surface area contributed by atoms with Gasteiger partial charge in [0.1, 0.15) is 24.3 Å². The molecule has 34 heavy (non-hydrogen) atoms. The van der Waals surface area contributed by atoms with Gasteiger partial charge in [-0.1, -0.05) is 12.1 Å². The predicted octanol–water partition coefficient (Wildman–Crippen LogP) is 2.42. The molecule has 1 fully saturated rings. The molecule has 1 atom stereocenters. The summed E-state index contributed by atoms with van der Waals surface area (Å²) in [5, 5.41) is 23.9. The molecule has 6 N–H and O–H groups in total. The van der Waals surface area contributed by atoms with Crippen molar-refractivity contribution in [2.45, 2.75) is 38.8 Å². The second-order valence-corrected chi connectivity index (χ2v) is 8.75. The first kappa shape index (κ1) is 25.6. The summed E-state index contributed by atoms with van der Waals surface area (Å²) in [6, 6.07) is 9.06. The van der Waals surface area contributed by atoms with Crippen LogP contribution in [0.25, 0.3) is 11.3 Å². The molecular formula is C25H35N5O4. The average Bonchev–Trinajstić information content (AvgIpc) is 2.85. The maximum absolute atomic E-state index is 13.2. The summed E-state index contributed by atoms with van der Waals surface area (Å²) in [4.78, 5) is 17.9. The number of nitrogens with zero attached hydrogens (tertiary/aromatic N) is 1. The molecule has 3 rings (SSSR count). The predicted molar refractivity (Wildman–Crippen MR) is 133 cm³/mol. The van der Waals surface area contributed by atoms with E-state index in [0.717, 1.165) is 31.6 Å². The number of nitrogens with one attached hydrogen (secondary N) is 3. The molecule has 1 aromatic carbocycles. The zero-order valence-corrected chi connectivity index (χ0v) is 19.8.